The van der Waals surface area contributed by atoms with E-state index in [9.17, 15) is 5.11 Å². The summed E-state index contributed by atoms with van der Waals surface area (Å²) in [6, 6.07) is 3.73. The van der Waals surface area contributed by atoms with Crippen molar-refractivity contribution >= 4 is 23.2 Å². The smallest absolute Gasteiger partial charge is 0.122 e. The van der Waals surface area contributed by atoms with E-state index in [2.05, 4.69) is 0 Å². The zero-order chi connectivity index (χ0) is 14.6. The lowest BCUT2D eigenvalue weighted by molar-refractivity contribution is 0.359. The van der Waals surface area contributed by atoms with E-state index in [0.29, 0.717) is 12.4 Å². The highest BCUT2D eigenvalue weighted by atomic mass is 35.5. The van der Waals surface area contributed by atoms with Gasteiger partial charge in [-0.05, 0) is 30.0 Å². The number of hydrogen-bond acceptors (Lipinski definition) is 2. The Kier molecular flexibility index (Phi) is 6.02. The van der Waals surface area contributed by atoms with Gasteiger partial charge < -0.3 is 9.84 Å². The summed E-state index contributed by atoms with van der Waals surface area (Å²) in [5.41, 5.74) is 1.78. The van der Waals surface area contributed by atoms with E-state index >= 15 is 0 Å². The molecule has 0 aromatic heterocycles. The number of ether oxygens (including phenoxy) is 1. The molecule has 0 atom stereocenters. The maximum atomic E-state index is 10.3. The molecule has 0 fully saturated rings. The van der Waals surface area contributed by atoms with Crippen LogP contribution in [0.4, 0.5) is 0 Å². The molecule has 4 heteroatoms. The Balaban J connectivity index is 3.08. The second kappa shape index (κ2) is 7.06. The van der Waals surface area contributed by atoms with Crippen molar-refractivity contribution in [1.29, 1.82) is 0 Å². The summed E-state index contributed by atoms with van der Waals surface area (Å²) in [6.45, 7) is 8.47. The second-order valence-corrected chi connectivity index (χ2v) is 6.07. The summed E-state index contributed by atoms with van der Waals surface area (Å²) in [7, 11) is 0. The maximum Gasteiger partial charge on any atom is 0.122 e. The number of benzene rings is 1. The molecule has 0 spiro atoms. The monoisotopic (exact) mass is 302 g/mol. The van der Waals surface area contributed by atoms with Gasteiger partial charge in [-0.3, -0.25) is 0 Å². The van der Waals surface area contributed by atoms with E-state index in [4.69, 9.17) is 27.9 Å². The van der Waals surface area contributed by atoms with Crippen molar-refractivity contribution in [1.82, 2.24) is 0 Å². The van der Waals surface area contributed by atoms with Gasteiger partial charge in [0.2, 0.25) is 0 Å². The molecule has 1 aromatic rings. The van der Waals surface area contributed by atoms with Gasteiger partial charge in [-0.25, -0.2) is 0 Å². The fourth-order valence-electron chi connectivity index (χ4n) is 1.82. The molecular formula is C15H20Cl2O2. The molecule has 0 amide bonds. The Morgan fingerprint density at radius 1 is 1.16 bits per heavy atom. The summed E-state index contributed by atoms with van der Waals surface area (Å²) >= 11 is 11.1. The number of hydrogen-bond donors (Lipinski definition) is 1. The number of phenols is 1. The standard InChI is InChI=1S/C15H20Cl2O2/c1-9(2)12-7-11(19-6-5-14(16)17)8-13(10(3)4)15(12)18/h5,7-10,18H,6H2,1-4H3. The van der Waals surface area contributed by atoms with Gasteiger partial charge in [-0.2, -0.15) is 0 Å². The van der Waals surface area contributed by atoms with Crippen LogP contribution in [0.25, 0.3) is 0 Å². The lowest BCUT2D eigenvalue weighted by Crippen LogP contribution is -2.00. The van der Waals surface area contributed by atoms with Crippen LogP contribution in [0.5, 0.6) is 11.5 Å². The van der Waals surface area contributed by atoms with Crippen molar-refractivity contribution in [3.63, 3.8) is 0 Å². The SMILES string of the molecule is CC(C)c1cc(OCC=C(Cl)Cl)cc(C(C)C)c1O. The highest BCUT2D eigenvalue weighted by molar-refractivity contribution is 6.55. The normalized spacial score (nSPS) is 10.9. The fourth-order valence-corrected chi connectivity index (χ4v) is 1.94. The second-order valence-electron chi connectivity index (χ2n) is 5.06. The number of phenolic OH excluding ortho intramolecular Hbond substituents is 1. The van der Waals surface area contributed by atoms with E-state index < -0.39 is 0 Å². The number of halogens is 2. The Labute approximate surface area is 125 Å². The molecule has 106 valence electrons. The van der Waals surface area contributed by atoms with Gasteiger partial charge in [-0.1, -0.05) is 50.9 Å². The van der Waals surface area contributed by atoms with E-state index in [1.54, 1.807) is 6.08 Å². The molecule has 19 heavy (non-hydrogen) atoms. The first-order valence-corrected chi connectivity index (χ1v) is 7.09. The molecule has 1 N–H and O–H groups in total. The van der Waals surface area contributed by atoms with Crippen LogP contribution in [-0.4, -0.2) is 11.7 Å². The van der Waals surface area contributed by atoms with Gasteiger partial charge in [0.1, 0.15) is 22.6 Å². The molecule has 1 aromatic carbocycles. The van der Waals surface area contributed by atoms with E-state index in [1.165, 1.54) is 0 Å². The van der Waals surface area contributed by atoms with Crippen LogP contribution in [0.3, 0.4) is 0 Å². The first-order chi connectivity index (χ1) is 8.82. The van der Waals surface area contributed by atoms with Gasteiger partial charge in [0.05, 0.1) is 0 Å². The summed E-state index contributed by atoms with van der Waals surface area (Å²) < 4.78 is 5.78. The molecule has 0 aliphatic heterocycles. The quantitative estimate of drug-likeness (QED) is 0.796. The highest BCUT2D eigenvalue weighted by Crippen LogP contribution is 2.37. The Bertz CT molecular complexity index is 432. The minimum Gasteiger partial charge on any atom is -0.507 e. The topological polar surface area (TPSA) is 29.5 Å². The van der Waals surface area contributed by atoms with Crippen LogP contribution in [0.2, 0.25) is 0 Å². The van der Waals surface area contributed by atoms with Crippen LogP contribution in [0, 0.1) is 0 Å². The number of rotatable bonds is 5. The predicted molar refractivity (Wildman–Crippen MR) is 81.6 cm³/mol. The van der Waals surface area contributed by atoms with Crippen LogP contribution >= 0.6 is 23.2 Å². The van der Waals surface area contributed by atoms with Crippen LogP contribution < -0.4 is 4.74 Å². The van der Waals surface area contributed by atoms with E-state index in [1.807, 2.05) is 39.8 Å². The third-order valence-electron chi connectivity index (χ3n) is 2.87. The van der Waals surface area contributed by atoms with E-state index in [0.717, 1.165) is 16.9 Å². The van der Waals surface area contributed by atoms with Crippen molar-refractivity contribution in [2.24, 2.45) is 0 Å². The summed E-state index contributed by atoms with van der Waals surface area (Å²) in [5.74, 6) is 1.54. The molecule has 2 nitrogen and oxygen atoms in total. The molecule has 0 saturated carbocycles. The molecular weight excluding hydrogens is 283 g/mol. The van der Waals surface area contributed by atoms with Crippen molar-refractivity contribution in [2.45, 2.75) is 39.5 Å². The van der Waals surface area contributed by atoms with Crippen LogP contribution in [0.1, 0.15) is 50.7 Å². The summed E-state index contributed by atoms with van der Waals surface area (Å²) in [5, 5.41) is 10.3. The van der Waals surface area contributed by atoms with Crippen LogP contribution in [0.15, 0.2) is 22.7 Å². The largest absolute Gasteiger partial charge is 0.507 e. The molecule has 0 saturated heterocycles. The highest BCUT2D eigenvalue weighted by Gasteiger charge is 2.15. The van der Waals surface area contributed by atoms with Crippen molar-refractivity contribution in [3.8, 4) is 11.5 Å². The lowest BCUT2D eigenvalue weighted by atomic mass is 9.93. The van der Waals surface area contributed by atoms with Gasteiger partial charge in [0.15, 0.2) is 0 Å². The predicted octanol–water partition coefficient (Wildman–Crippen LogP) is 5.34. The van der Waals surface area contributed by atoms with Gasteiger partial charge in [-0.15, -0.1) is 0 Å². The van der Waals surface area contributed by atoms with Crippen molar-refractivity contribution in [3.05, 3.63) is 33.8 Å². The summed E-state index contributed by atoms with van der Waals surface area (Å²) in [4.78, 5) is 0. The number of aromatic hydroxyl groups is 1. The minimum atomic E-state index is 0.187. The Hall–Kier alpha value is -0.860. The Morgan fingerprint density at radius 2 is 1.63 bits per heavy atom. The first-order valence-electron chi connectivity index (χ1n) is 6.33. The van der Waals surface area contributed by atoms with Crippen LogP contribution in [-0.2, 0) is 0 Å². The molecule has 0 radical (unpaired) electrons. The zero-order valence-corrected chi connectivity index (χ0v) is 13.2. The van der Waals surface area contributed by atoms with Crippen molar-refractivity contribution < 1.29 is 9.84 Å². The molecule has 1 rings (SSSR count). The first kappa shape index (κ1) is 16.2. The third-order valence-corrected chi connectivity index (χ3v) is 3.18. The maximum absolute atomic E-state index is 10.3. The van der Waals surface area contributed by atoms with Crippen molar-refractivity contribution in [2.75, 3.05) is 6.61 Å². The summed E-state index contributed by atoms with van der Waals surface area (Å²) in [6.07, 6.45) is 1.58. The minimum absolute atomic E-state index is 0.187. The lowest BCUT2D eigenvalue weighted by Gasteiger charge is -2.17. The zero-order valence-electron chi connectivity index (χ0n) is 11.7. The van der Waals surface area contributed by atoms with Gasteiger partial charge >= 0.3 is 0 Å². The molecule has 0 bridgehead atoms. The molecule has 0 aliphatic rings. The Morgan fingerprint density at radius 3 is 2.00 bits per heavy atom. The third kappa shape index (κ3) is 4.63. The average molecular weight is 303 g/mol. The van der Waals surface area contributed by atoms with Gasteiger partial charge in [0.25, 0.3) is 0 Å². The van der Waals surface area contributed by atoms with Gasteiger partial charge in [0, 0.05) is 11.1 Å². The molecule has 0 unspecified atom stereocenters. The average Bonchev–Trinajstić information content (AvgIpc) is 2.29. The molecule has 0 aliphatic carbocycles. The fraction of sp³-hybridized carbons (Fsp3) is 0.467. The van der Waals surface area contributed by atoms with E-state index in [-0.39, 0.29) is 16.3 Å². The molecule has 0 heterocycles.